The summed E-state index contributed by atoms with van der Waals surface area (Å²) in [6, 6.07) is 2.29. The summed E-state index contributed by atoms with van der Waals surface area (Å²) in [4.78, 5) is 53.0. The van der Waals surface area contributed by atoms with Gasteiger partial charge in [-0.15, -0.1) is 6.58 Å². The molecule has 0 spiro atoms. The first-order valence-corrected chi connectivity index (χ1v) is 16.4. The van der Waals surface area contributed by atoms with Crippen molar-refractivity contribution in [3.8, 4) is 5.75 Å². The van der Waals surface area contributed by atoms with E-state index in [1.807, 2.05) is 20.8 Å². The number of rotatable bonds is 10. The molecule has 5 atom stereocenters. The van der Waals surface area contributed by atoms with E-state index in [1.54, 1.807) is 0 Å². The van der Waals surface area contributed by atoms with E-state index in [-0.39, 0.29) is 23.8 Å². The minimum Gasteiger partial charge on any atom is -0.496 e. The normalized spacial score (nSPS) is 26.2. The van der Waals surface area contributed by atoms with E-state index in [0.29, 0.717) is 19.4 Å². The Morgan fingerprint density at radius 1 is 1.24 bits per heavy atom. The van der Waals surface area contributed by atoms with E-state index in [4.69, 9.17) is 9.47 Å². The molecule has 1 heterocycles. The smallest absolute Gasteiger partial charge is 0.408 e. The Bertz CT molecular complexity index is 1260. The van der Waals surface area contributed by atoms with Crippen molar-refractivity contribution in [1.82, 2.24) is 15.5 Å². The summed E-state index contributed by atoms with van der Waals surface area (Å²) < 4.78 is 39.3. The molecule has 2 unspecified atom stereocenters. The standard InChI is InChI=1S/C30H43FN3O7P/c1-6-19-17-30(19,42(38,39)18-21-22(31)13-9-15-24(21)40-5)33-26(35)23-14-10-16-34(23)27(36)25(29(2,3)4)32-28(37)41-20-11-7-8-12-20/h6,9,13,15,19-20,23,25H,1,7-8,10-12,14,16-18H2,2-5H3,(H,32,37)(H,33,35)(H,38,39)/t19-,23+,25?,30+/m1/s1. The molecule has 232 valence electrons. The molecule has 10 nitrogen and oxygen atoms in total. The topological polar surface area (TPSA) is 134 Å². The lowest BCUT2D eigenvalue weighted by atomic mass is 9.85. The van der Waals surface area contributed by atoms with Crippen LogP contribution in [0, 0.1) is 17.2 Å². The van der Waals surface area contributed by atoms with Crippen LogP contribution in [0.25, 0.3) is 0 Å². The largest absolute Gasteiger partial charge is 0.496 e. The number of carbonyl (C=O) groups excluding carboxylic acids is 3. The molecule has 1 aromatic carbocycles. The summed E-state index contributed by atoms with van der Waals surface area (Å²) in [5, 5.41) is 3.98. The molecule has 0 radical (unpaired) electrons. The molecule has 4 rings (SSSR count). The molecule has 3 amide bonds. The number of nitrogens with zero attached hydrogens (tertiary/aromatic N) is 1. The first-order valence-electron chi connectivity index (χ1n) is 14.6. The Morgan fingerprint density at radius 3 is 2.52 bits per heavy atom. The van der Waals surface area contributed by atoms with Gasteiger partial charge in [0.2, 0.25) is 19.2 Å². The third-order valence-corrected chi connectivity index (χ3v) is 11.3. The van der Waals surface area contributed by atoms with Gasteiger partial charge in [0.05, 0.1) is 13.3 Å². The highest BCUT2D eigenvalue weighted by Crippen LogP contribution is 2.71. The minimum atomic E-state index is -4.26. The van der Waals surface area contributed by atoms with Crippen LogP contribution in [0.4, 0.5) is 9.18 Å². The highest BCUT2D eigenvalue weighted by atomic mass is 31.2. The van der Waals surface area contributed by atoms with E-state index in [0.717, 1.165) is 25.7 Å². The number of amides is 3. The summed E-state index contributed by atoms with van der Waals surface area (Å²) in [6.07, 6.45) is 4.77. The summed E-state index contributed by atoms with van der Waals surface area (Å²) in [7, 11) is -2.91. The van der Waals surface area contributed by atoms with E-state index < -0.39 is 66.0 Å². The molecule has 3 N–H and O–H groups in total. The van der Waals surface area contributed by atoms with Gasteiger partial charge in [0.15, 0.2) is 0 Å². The van der Waals surface area contributed by atoms with E-state index in [2.05, 4.69) is 17.2 Å². The number of carbonyl (C=O) groups is 3. The second-order valence-corrected chi connectivity index (χ2v) is 15.2. The number of ether oxygens (including phenoxy) is 2. The predicted molar refractivity (Wildman–Crippen MR) is 156 cm³/mol. The number of alkyl carbamates (subject to hydrolysis) is 1. The zero-order chi connectivity index (χ0) is 30.9. The van der Waals surface area contributed by atoms with Gasteiger partial charge in [0, 0.05) is 18.0 Å². The van der Waals surface area contributed by atoms with Crippen LogP contribution in [0.1, 0.15) is 71.3 Å². The molecule has 2 aliphatic carbocycles. The summed E-state index contributed by atoms with van der Waals surface area (Å²) in [6.45, 7) is 9.52. The molecule has 1 aromatic rings. The highest BCUT2D eigenvalue weighted by Gasteiger charge is 2.66. The Balaban J connectivity index is 1.51. The Hall–Kier alpha value is -2.91. The fraction of sp³-hybridized carbons (Fsp3) is 0.633. The maximum Gasteiger partial charge on any atom is 0.408 e. The lowest BCUT2D eigenvalue weighted by Crippen LogP contribution is -2.58. The summed E-state index contributed by atoms with van der Waals surface area (Å²) in [5.74, 6) is -2.03. The van der Waals surface area contributed by atoms with Crippen molar-refractivity contribution in [2.24, 2.45) is 11.3 Å². The van der Waals surface area contributed by atoms with Gasteiger partial charge >= 0.3 is 6.09 Å². The van der Waals surface area contributed by atoms with Gasteiger partial charge in [-0.05, 0) is 62.5 Å². The van der Waals surface area contributed by atoms with Crippen LogP contribution in [-0.2, 0) is 25.1 Å². The third-order valence-electron chi connectivity index (χ3n) is 8.69. The average Bonchev–Trinajstić information content (AvgIpc) is 3.24. The number of nitrogens with one attached hydrogen (secondary N) is 2. The quantitative estimate of drug-likeness (QED) is 0.259. The van der Waals surface area contributed by atoms with E-state index in [1.165, 1.54) is 36.3 Å². The van der Waals surface area contributed by atoms with Crippen LogP contribution >= 0.6 is 7.37 Å². The average molecular weight is 608 g/mol. The second kappa shape index (κ2) is 12.4. The molecule has 12 heteroatoms. The van der Waals surface area contributed by atoms with Gasteiger partial charge in [-0.3, -0.25) is 14.2 Å². The predicted octanol–water partition coefficient (Wildman–Crippen LogP) is 4.70. The van der Waals surface area contributed by atoms with Crippen LogP contribution in [-0.4, -0.2) is 64.8 Å². The van der Waals surface area contributed by atoms with Crippen LogP contribution in [0.2, 0.25) is 0 Å². The van der Waals surface area contributed by atoms with Crippen LogP contribution in [0.15, 0.2) is 30.9 Å². The van der Waals surface area contributed by atoms with Crippen molar-refractivity contribution >= 4 is 25.3 Å². The Labute approximate surface area is 246 Å². The van der Waals surface area contributed by atoms with Crippen molar-refractivity contribution in [3.05, 3.63) is 42.2 Å². The van der Waals surface area contributed by atoms with Gasteiger partial charge < -0.3 is 29.9 Å². The maximum atomic E-state index is 14.7. The zero-order valence-electron chi connectivity index (χ0n) is 24.9. The van der Waals surface area contributed by atoms with Crippen molar-refractivity contribution < 1.29 is 37.7 Å². The summed E-state index contributed by atoms with van der Waals surface area (Å²) >= 11 is 0. The first kappa shape index (κ1) is 32.0. The molecule has 42 heavy (non-hydrogen) atoms. The molecule has 2 saturated carbocycles. The Kier molecular flexibility index (Phi) is 9.43. The van der Waals surface area contributed by atoms with Gasteiger partial charge in [0.25, 0.3) is 0 Å². The van der Waals surface area contributed by atoms with Crippen LogP contribution in [0.3, 0.4) is 0 Å². The van der Waals surface area contributed by atoms with Crippen molar-refractivity contribution in [2.75, 3.05) is 13.7 Å². The molecular weight excluding hydrogens is 564 g/mol. The van der Waals surface area contributed by atoms with Crippen molar-refractivity contribution in [1.29, 1.82) is 0 Å². The molecule has 3 aliphatic rings. The Morgan fingerprint density at radius 2 is 1.93 bits per heavy atom. The van der Waals surface area contributed by atoms with Gasteiger partial charge in [-0.1, -0.05) is 32.9 Å². The second-order valence-electron chi connectivity index (χ2n) is 12.7. The SMILES string of the molecule is C=C[C@@H]1C[C@]1(NC(=O)[C@@H]1CCCN1C(=O)C(NC(=O)OC1CCCC1)C(C)(C)C)P(=O)(O)Cc1c(F)cccc1OC. The van der Waals surface area contributed by atoms with Gasteiger partial charge in [0.1, 0.15) is 35.0 Å². The minimum absolute atomic E-state index is 0.0459. The maximum absolute atomic E-state index is 14.7. The van der Waals surface area contributed by atoms with E-state index in [9.17, 15) is 28.2 Å². The molecule has 1 saturated heterocycles. The van der Waals surface area contributed by atoms with Crippen molar-refractivity contribution in [3.63, 3.8) is 0 Å². The molecular formula is C30H43FN3O7P. The number of methoxy groups -OCH3 is 1. The fourth-order valence-corrected chi connectivity index (χ4v) is 8.56. The lowest BCUT2D eigenvalue weighted by Gasteiger charge is -2.36. The number of hydrogen-bond acceptors (Lipinski definition) is 6. The first-order chi connectivity index (χ1) is 19.7. The number of hydrogen-bond donors (Lipinski definition) is 3. The van der Waals surface area contributed by atoms with Crippen LogP contribution < -0.4 is 15.4 Å². The number of likely N-dealkylation sites (tertiary alicyclic amines) is 1. The highest BCUT2D eigenvalue weighted by molar-refractivity contribution is 7.59. The number of halogens is 1. The monoisotopic (exact) mass is 607 g/mol. The van der Waals surface area contributed by atoms with Gasteiger partial charge in [-0.25, -0.2) is 9.18 Å². The molecule has 3 fully saturated rings. The summed E-state index contributed by atoms with van der Waals surface area (Å²) in [5.41, 5.74) is -0.726. The van der Waals surface area contributed by atoms with Gasteiger partial charge in [-0.2, -0.15) is 0 Å². The molecule has 0 bridgehead atoms. The number of benzene rings is 1. The molecule has 1 aliphatic heterocycles. The lowest BCUT2D eigenvalue weighted by molar-refractivity contribution is -0.142. The van der Waals surface area contributed by atoms with Crippen LogP contribution in [0.5, 0.6) is 5.75 Å². The zero-order valence-corrected chi connectivity index (χ0v) is 25.8. The van der Waals surface area contributed by atoms with Crippen molar-refractivity contribution in [2.45, 2.75) is 95.3 Å². The van der Waals surface area contributed by atoms with E-state index >= 15 is 0 Å². The third kappa shape index (κ3) is 6.52. The molecule has 0 aromatic heterocycles. The fourth-order valence-electron chi connectivity index (χ4n) is 6.15.